The molecule has 34 heavy (non-hydrogen) atoms. The van der Waals surface area contributed by atoms with Crippen LogP contribution in [-0.2, 0) is 21.0 Å². The lowest BCUT2D eigenvalue weighted by Gasteiger charge is -2.26. The summed E-state index contributed by atoms with van der Waals surface area (Å²) in [6, 6.07) is 18.4. The Balaban J connectivity index is 1.96. The number of amides is 1. The molecule has 1 N–H and O–H groups in total. The lowest BCUT2D eigenvalue weighted by Crippen LogP contribution is -2.42. The van der Waals surface area contributed by atoms with Crippen LogP contribution < -0.4 is 9.62 Å². The predicted molar refractivity (Wildman–Crippen MR) is 125 cm³/mol. The summed E-state index contributed by atoms with van der Waals surface area (Å²) >= 11 is 0. The Bertz CT molecular complexity index is 1230. The highest BCUT2D eigenvalue weighted by molar-refractivity contribution is 7.92. The van der Waals surface area contributed by atoms with Gasteiger partial charge in [-0.1, -0.05) is 61.0 Å². The van der Waals surface area contributed by atoms with Gasteiger partial charge < -0.3 is 5.32 Å². The molecule has 5 nitrogen and oxygen atoms in total. The molecular formula is C25H25F3N2O3S. The monoisotopic (exact) mass is 490 g/mol. The number of nitrogens with one attached hydrogen (secondary N) is 1. The molecule has 1 amide bonds. The molecule has 0 saturated carbocycles. The lowest BCUT2D eigenvalue weighted by molar-refractivity contribution is -0.137. The predicted octanol–water partition coefficient (Wildman–Crippen LogP) is 5.48. The third-order valence-corrected chi connectivity index (χ3v) is 7.09. The molecule has 180 valence electrons. The van der Waals surface area contributed by atoms with E-state index in [1.807, 2.05) is 38.1 Å². The third kappa shape index (κ3) is 5.96. The van der Waals surface area contributed by atoms with E-state index in [2.05, 4.69) is 5.32 Å². The molecule has 3 aromatic carbocycles. The van der Waals surface area contributed by atoms with Crippen LogP contribution in [0.2, 0.25) is 0 Å². The van der Waals surface area contributed by atoms with Crippen LogP contribution in [-0.4, -0.2) is 20.9 Å². The SMILES string of the molecule is CC[C@H](NC(=O)CN(c1cccc(C(F)(F)F)c1)S(=O)(=O)c1ccccc1)c1ccc(C)cc1. The molecule has 0 saturated heterocycles. The Morgan fingerprint density at radius 2 is 1.62 bits per heavy atom. The van der Waals surface area contributed by atoms with Gasteiger partial charge >= 0.3 is 6.18 Å². The zero-order chi connectivity index (χ0) is 24.9. The normalized spacial score (nSPS) is 12.7. The number of nitrogens with zero attached hydrogens (tertiary/aromatic N) is 1. The number of sulfonamides is 1. The van der Waals surface area contributed by atoms with Gasteiger partial charge in [0.1, 0.15) is 6.54 Å². The first-order valence-electron chi connectivity index (χ1n) is 10.6. The Morgan fingerprint density at radius 1 is 0.971 bits per heavy atom. The van der Waals surface area contributed by atoms with Gasteiger partial charge in [0.2, 0.25) is 5.91 Å². The Hall–Kier alpha value is -3.33. The van der Waals surface area contributed by atoms with E-state index in [1.165, 1.54) is 30.3 Å². The minimum Gasteiger partial charge on any atom is -0.348 e. The number of hydrogen-bond donors (Lipinski definition) is 1. The summed E-state index contributed by atoms with van der Waals surface area (Å²) in [7, 11) is -4.32. The maximum Gasteiger partial charge on any atom is 0.416 e. The van der Waals surface area contributed by atoms with Crippen molar-refractivity contribution in [2.24, 2.45) is 0 Å². The Labute approximate surface area is 197 Å². The van der Waals surface area contributed by atoms with Crippen LogP contribution in [0.4, 0.5) is 18.9 Å². The van der Waals surface area contributed by atoms with Gasteiger partial charge in [-0.3, -0.25) is 9.10 Å². The van der Waals surface area contributed by atoms with Crippen molar-refractivity contribution in [1.29, 1.82) is 0 Å². The summed E-state index contributed by atoms with van der Waals surface area (Å²) in [5, 5.41) is 2.80. The average molecular weight is 491 g/mol. The molecule has 3 rings (SSSR count). The molecule has 0 aliphatic rings. The van der Waals surface area contributed by atoms with Gasteiger partial charge in [-0.25, -0.2) is 8.42 Å². The summed E-state index contributed by atoms with van der Waals surface area (Å²) in [6.45, 7) is 3.13. The number of carbonyl (C=O) groups excluding carboxylic acids is 1. The van der Waals surface area contributed by atoms with Crippen molar-refractivity contribution in [1.82, 2.24) is 5.32 Å². The fourth-order valence-electron chi connectivity index (χ4n) is 3.46. The van der Waals surface area contributed by atoms with Crippen LogP contribution >= 0.6 is 0 Å². The smallest absolute Gasteiger partial charge is 0.348 e. The van der Waals surface area contributed by atoms with Crippen LogP contribution in [0.1, 0.15) is 36.1 Å². The van der Waals surface area contributed by atoms with Crippen LogP contribution in [0.25, 0.3) is 0 Å². The van der Waals surface area contributed by atoms with E-state index >= 15 is 0 Å². The van der Waals surface area contributed by atoms with E-state index in [4.69, 9.17) is 0 Å². The zero-order valence-corrected chi connectivity index (χ0v) is 19.5. The van der Waals surface area contributed by atoms with Crippen molar-refractivity contribution in [3.8, 4) is 0 Å². The first kappa shape index (κ1) is 25.3. The molecule has 0 heterocycles. The molecule has 0 radical (unpaired) electrons. The molecular weight excluding hydrogens is 465 g/mol. The molecule has 0 aliphatic heterocycles. The number of benzene rings is 3. The van der Waals surface area contributed by atoms with Gasteiger partial charge in [0.05, 0.1) is 22.2 Å². The first-order valence-corrected chi connectivity index (χ1v) is 12.1. The van der Waals surface area contributed by atoms with E-state index in [0.29, 0.717) is 10.7 Å². The van der Waals surface area contributed by atoms with Gasteiger partial charge in [0, 0.05) is 0 Å². The van der Waals surface area contributed by atoms with Gasteiger partial charge in [-0.2, -0.15) is 13.2 Å². The molecule has 0 bridgehead atoms. The van der Waals surface area contributed by atoms with Crippen molar-refractivity contribution < 1.29 is 26.4 Å². The lowest BCUT2D eigenvalue weighted by atomic mass is 10.0. The third-order valence-electron chi connectivity index (χ3n) is 5.30. The minimum atomic E-state index is -4.67. The topological polar surface area (TPSA) is 66.5 Å². The Kier molecular flexibility index (Phi) is 7.66. The number of aryl methyl sites for hydroxylation is 1. The summed E-state index contributed by atoms with van der Waals surface area (Å²) in [5.41, 5.74) is 0.634. The highest BCUT2D eigenvalue weighted by atomic mass is 32.2. The highest BCUT2D eigenvalue weighted by Gasteiger charge is 2.33. The summed E-state index contributed by atoms with van der Waals surface area (Å²) in [4.78, 5) is 12.8. The van der Waals surface area contributed by atoms with Crippen molar-refractivity contribution in [2.45, 2.75) is 37.4 Å². The largest absolute Gasteiger partial charge is 0.416 e. The molecule has 0 aliphatic carbocycles. The summed E-state index contributed by atoms with van der Waals surface area (Å²) in [6.07, 6.45) is -4.12. The van der Waals surface area contributed by atoms with Crippen LogP contribution in [0.3, 0.4) is 0 Å². The van der Waals surface area contributed by atoms with Gasteiger partial charge in [0.15, 0.2) is 0 Å². The number of hydrogen-bond acceptors (Lipinski definition) is 3. The van der Waals surface area contributed by atoms with Crippen LogP contribution in [0, 0.1) is 6.92 Å². The maximum atomic E-state index is 13.4. The van der Waals surface area contributed by atoms with Crippen molar-refractivity contribution >= 4 is 21.6 Å². The average Bonchev–Trinajstić information content (AvgIpc) is 2.81. The molecule has 3 aromatic rings. The van der Waals surface area contributed by atoms with Crippen LogP contribution in [0.5, 0.6) is 0 Å². The first-order chi connectivity index (χ1) is 16.0. The summed E-state index contributed by atoms with van der Waals surface area (Å²) in [5.74, 6) is -0.635. The maximum absolute atomic E-state index is 13.4. The van der Waals surface area contributed by atoms with Gasteiger partial charge in [0.25, 0.3) is 10.0 Å². The van der Waals surface area contributed by atoms with Crippen molar-refractivity contribution in [2.75, 3.05) is 10.8 Å². The quantitative estimate of drug-likeness (QED) is 0.455. The van der Waals surface area contributed by atoms with Crippen LogP contribution in [0.15, 0.2) is 83.8 Å². The van der Waals surface area contributed by atoms with E-state index in [-0.39, 0.29) is 16.6 Å². The number of halogens is 3. The molecule has 0 aromatic heterocycles. The number of carbonyl (C=O) groups is 1. The fourth-order valence-corrected chi connectivity index (χ4v) is 4.90. The molecule has 1 atom stereocenters. The number of rotatable bonds is 8. The second-order valence-electron chi connectivity index (χ2n) is 7.81. The van der Waals surface area contributed by atoms with E-state index in [0.717, 1.165) is 29.3 Å². The van der Waals surface area contributed by atoms with Crippen molar-refractivity contribution in [3.05, 3.63) is 95.6 Å². The van der Waals surface area contributed by atoms with Gasteiger partial charge in [-0.15, -0.1) is 0 Å². The molecule has 0 unspecified atom stereocenters. The van der Waals surface area contributed by atoms with Gasteiger partial charge in [-0.05, 0) is 49.2 Å². The number of alkyl halides is 3. The minimum absolute atomic E-state index is 0.134. The Morgan fingerprint density at radius 3 is 2.21 bits per heavy atom. The van der Waals surface area contributed by atoms with E-state index in [9.17, 15) is 26.4 Å². The molecule has 9 heteroatoms. The second kappa shape index (κ2) is 10.3. The highest BCUT2D eigenvalue weighted by Crippen LogP contribution is 2.33. The summed E-state index contributed by atoms with van der Waals surface area (Å²) < 4.78 is 67.3. The van der Waals surface area contributed by atoms with Crippen molar-refractivity contribution in [3.63, 3.8) is 0 Å². The van der Waals surface area contributed by atoms with E-state index < -0.39 is 34.2 Å². The molecule has 0 spiro atoms. The molecule has 0 fully saturated rings. The number of anilines is 1. The van der Waals surface area contributed by atoms with E-state index in [1.54, 1.807) is 6.07 Å². The zero-order valence-electron chi connectivity index (χ0n) is 18.7. The second-order valence-corrected chi connectivity index (χ2v) is 9.67. The fraction of sp³-hybridized carbons (Fsp3) is 0.240. The standard InChI is InChI=1S/C25H25F3N2O3S/c1-3-23(19-14-12-18(2)13-15-19)29-24(31)17-30(34(32,33)22-10-5-4-6-11-22)21-9-7-8-20(16-21)25(26,27)28/h4-16,23H,3,17H2,1-2H3,(H,29,31)/t23-/m0/s1.